The highest BCUT2D eigenvalue weighted by molar-refractivity contribution is 5.87. The molecule has 0 aliphatic heterocycles. The third kappa shape index (κ3) is 20.9. The van der Waals surface area contributed by atoms with E-state index in [-0.39, 0.29) is 64.0 Å². The summed E-state index contributed by atoms with van der Waals surface area (Å²) in [5.74, 6) is 3.12. The molecule has 0 spiro atoms. The summed E-state index contributed by atoms with van der Waals surface area (Å²) in [6.07, 6.45) is 9.28. The first-order chi connectivity index (χ1) is 28.2. The fraction of sp³-hybridized carbons (Fsp3) is 0.630. The lowest BCUT2D eigenvalue weighted by atomic mass is 9.82. The van der Waals surface area contributed by atoms with Gasteiger partial charge < -0.3 is 37.9 Å². The maximum absolute atomic E-state index is 11.9. The molecule has 1 aromatic carbocycles. The summed E-state index contributed by atoms with van der Waals surface area (Å²) < 4.78 is 41.5. The van der Waals surface area contributed by atoms with Crippen molar-refractivity contribution in [1.82, 2.24) is 0 Å². The van der Waals surface area contributed by atoms with Gasteiger partial charge in [-0.05, 0) is 115 Å². The van der Waals surface area contributed by atoms with Crippen LogP contribution in [0.3, 0.4) is 0 Å². The van der Waals surface area contributed by atoms with Crippen LogP contribution in [0, 0.1) is 23.7 Å². The lowest BCUT2D eigenvalue weighted by Gasteiger charge is -2.23. The molecule has 0 heterocycles. The van der Waals surface area contributed by atoms with E-state index in [9.17, 15) is 24.0 Å². The van der Waals surface area contributed by atoms with Crippen LogP contribution in [-0.4, -0.2) is 94.9 Å². The molecule has 3 fully saturated rings. The number of ether oxygens (including phenoxy) is 8. The summed E-state index contributed by atoms with van der Waals surface area (Å²) in [6.45, 7) is 20.4. The van der Waals surface area contributed by atoms with Gasteiger partial charge >= 0.3 is 29.8 Å². The van der Waals surface area contributed by atoms with Crippen LogP contribution in [0.1, 0.15) is 98.8 Å². The van der Waals surface area contributed by atoms with Crippen LogP contribution in [0.5, 0.6) is 5.75 Å². The van der Waals surface area contributed by atoms with Crippen LogP contribution in [0.2, 0.25) is 0 Å². The van der Waals surface area contributed by atoms with Crippen molar-refractivity contribution in [3.8, 4) is 5.75 Å². The monoisotopic (exact) mass is 828 g/mol. The minimum absolute atomic E-state index is 0.0700. The van der Waals surface area contributed by atoms with Crippen LogP contribution < -0.4 is 4.74 Å². The van der Waals surface area contributed by atoms with Crippen LogP contribution >= 0.6 is 0 Å². The van der Waals surface area contributed by atoms with Gasteiger partial charge in [0.15, 0.2) is 12.2 Å². The lowest BCUT2D eigenvalue weighted by molar-refractivity contribution is -0.161. The topological polar surface area (TPSA) is 159 Å². The number of hydrogen-bond donors (Lipinski definition) is 0. The lowest BCUT2D eigenvalue weighted by Crippen LogP contribution is -2.30. The molecule has 13 heteroatoms. The van der Waals surface area contributed by atoms with Gasteiger partial charge in [0.25, 0.3) is 0 Å². The molecule has 0 N–H and O–H groups in total. The number of fused-ring (bicyclic) bond motifs is 5. The highest BCUT2D eigenvalue weighted by Gasteiger charge is 2.48. The zero-order chi connectivity index (χ0) is 43.6. The Bertz CT molecular complexity index is 1470. The Balaban J connectivity index is 0.000000327. The molecule has 3 saturated carbocycles. The Morgan fingerprint density at radius 3 is 1.49 bits per heavy atom. The molecular weight excluding hydrogens is 760 g/mol. The van der Waals surface area contributed by atoms with Gasteiger partial charge in [-0.15, -0.1) is 0 Å². The minimum atomic E-state index is -0.696. The van der Waals surface area contributed by atoms with Crippen molar-refractivity contribution in [2.75, 3.05) is 52.9 Å². The molecule has 6 atom stereocenters. The quantitative estimate of drug-likeness (QED) is 0.0432. The summed E-state index contributed by atoms with van der Waals surface area (Å²) in [4.78, 5) is 57.5. The molecule has 330 valence electrons. The summed E-state index contributed by atoms with van der Waals surface area (Å²) >= 11 is 0. The average Bonchev–Trinajstić information content (AvgIpc) is 3.98. The molecule has 3 aliphatic carbocycles. The predicted molar refractivity (Wildman–Crippen MR) is 222 cm³/mol. The van der Waals surface area contributed by atoms with Crippen LogP contribution in [0.25, 0.3) is 0 Å². The second kappa shape index (κ2) is 28.9. The number of rotatable bonds is 24. The SMILES string of the molecule is C1CC2C3CCC(C3)C2C1.C=C(C)C(=O)OCCCC(=O)OC(COCC)COC(=O)C(=C)C.C=C(C)C(=O)OCCCC(=O)OC(COCC)COc1ccccc1. The number of esters is 5. The largest absolute Gasteiger partial charge is 0.490 e. The van der Waals surface area contributed by atoms with Crippen LogP contribution in [0.4, 0.5) is 0 Å². The molecule has 0 radical (unpaired) electrons. The first-order valence-electron chi connectivity index (χ1n) is 21.0. The van der Waals surface area contributed by atoms with E-state index in [1.807, 2.05) is 37.3 Å². The fourth-order valence-corrected chi connectivity index (χ4v) is 7.25. The smallest absolute Gasteiger partial charge is 0.333 e. The zero-order valence-corrected chi connectivity index (χ0v) is 36.0. The van der Waals surface area contributed by atoms with Gasteiger partial charge in [0.05, 0.1) is 26.4 Å². The highest BCUT2D eigenvalue weighted by atomic mass is 16.6. The van der Waals surface area contributed by atoms with E-state index in [4.69, 9.17) is 37.9 Å². The van der Waals surface area contributed by atoms with Gasteiger partial charge in [0, 0.05) is 42.8 Å². The minimum Gasteiger partial charge on any atom is -0.490 e. The van der Waals surface area contributed by atoms with Crippen molar-refractivity contribution >= 4 is 29.8 Å². The third-order valence-corrected chi connectivity index (χ3v) is 10.1. The summed E-state index contributed by atoms with van der Waals surface area (Å²) in [5, 5.41) is 0. The maximum atomic E-state index is 11.9. The average molecular weight is 829 g/mol. The van der Waals surface area contributed by atoms with E-state index in [0.717, 1.165) is 0 Å². The van der Waals surface area contributed by atoms with E-state index in [1.165, 1.54) is 30.6 Å². The molecule has 59 heavy (non-hydrogen) atoms. The highest BCUT2D eigenvalue weighted by Crippen LogP contribution is 2.58. The zero-order valence-electron chi connectivity index (χ0n) is 36.0. The predicted octanol–water partition coefficient (Wildman–Crippen LogP) is 7.70. The van der Waals surface area contributed by atoms with Crippen molar-refractivity contribution in [3.63, 3.8) is 0 Å². The Labute approximate surface area is 351 Å². The molecule has 1 aromatic rings. The van der Waals surface area contributed by atoms with Gasteiger partial charge in [0.1, 0.15) is 19.0 Å². The molecule has 3 aliphatic rings. The van der Waals surface area contributed by atoms with Crippen molar-refractivity contribution in [3.05, 3.63) is 66.8 Å². The Hall–Kier alpha value is -4.49. The first kappa shape index (κ1) is 50.7. The second-order valence-corrected chi connectivity index (χ2v) is 15.2. The Kier molecular flexibility index (Phi) is 24.8. The summed E-state index contributed by atoms with van der Waals surface area (Å²) in [6, 6.07) is 9.28. The van der Waals surface area contributed by atoms with E-state index < -0.39 is 36.1 Å². The van der Waals surface area contributed by atoms with Crippen molar-refractivity contribution in [2.45, 2.75) is 111 Å². The van der Waals surface area contributed by atoms with Gasteiger partial charge in [-0.2, -0.15) is 0 Å². The number of hydrogen-bond acceptors (Lipinski definition) is 13. The summed E-state index contributed by atoms with van der Waals surface area (Å²) in [5.41, 5.74) is 0.891. The fourth-order valence-electron chi connectivity index (χ4n) is 7.25. The van der Waals surface area contributed by atoms with Crippen LogP contribution in [-0.2, 0) is 57.1 Å². The van der Waals surface area contributed by atoms with Crippen molar-refractivity contribution in [2.24, 2.45) is 23.7 Å². The van der Waals surface area contributed by atoms with Gasteiger partial charge in [-0.25, -0.2) is 14.4 Å². The van der Waals surface area contributed by atoms with Gasteiger partial charge in [-0.3, -0.25) is 9.59 Å². The number of carbonyl (C=O) groups is 5. The number of carbonyl (C=O) groups excluding carboxylic acids is 5. The van der Waals surface area contributed by atoms with Crippen LogP contribution in [0.15, 0.2) is 66.8 Å². The maximum Gasteiger partial charge on any atom is 0.333 e. The molecule has 0 amide bonds. The van der Waals surface area contributed by atoms with Crippen molar-refractivity contribution in [1.29, 1.82) is 0 Å². The Morgan fingerprint density at radius 2 is 1.05 bits per heavy atom. The molecule has 4 rings (SSSR count). The standard InChI is InChI=1S/C19H26O6.C17H26O7.C10H16/c1-4-22-13-17(14-24-16-9-6-5-7-10-16)25-18(20)11-8-12-23-19(21)15(2)3;1-6-21-10-14(11-23-17(20)13(4)5)24-15(18)8-7-9-22-16(19)12(2)3;1-2-9-7-4-5-8(6-7)10(9)3-1/h5-7,9-10,17H,2,4,8,11-14H2,1,3H3;14H,2,4,6-11H2,1,3,5H3;7-10H,1-6H2. The van der Waals surface area contributed by atoms with Crippen molar-refractivity contribution < 1.29 is 61.9 Å². The molecule has 2 bridgehead atoms. The molecule has 13 nitrogen and oxygen atoms in total. The van der Waals surface area contributed by atoms with E-state index in [0.29, 0.717) is 43.0 Å². The van der Waals surface area contributed by atoms with Gasteiger partial charge in [-0.1, -0.05) is 44.4 Å². The molecular formula is C46H68O13. The number of para-hydroxylation sites is 1. The Morgan fingerprint density at radius 1 is 0.610 bits per heavy atom. The normalized spacial score (nSPS) is 19.2. The molecule has 0 saturated heterocycles. The molecule has 0 aromatic heterocycles. The first-order valence-corrected chi connectivity index (χ1v) is 21.0. The third-order valence-electron chi connectivity index (χ3n) is 10.1. The summed E-state index contributed by atoms with van der Waals surface area (Å²) in [7, 11) is 0. The van der Waals surface area contributed by atoms with E-state index >= 15 is 0 Å². The second-order valence-electron chi connectivity index (χ2n) is 15.2. The number of benzene rings is 1. The van der Waals surface area contributed by atoms with E-state index in [2.05, 4.69) is 19.7 Å². The van der Waals surface area contributed by atoms with E-state index in [1.54, 1.807) is 59.3 Å². The van der Waals surface area contributed by atoms with Gasteiger partial charge in [0.2, 0.25) is 0 Å². The molecule has 6 unspecified atom stereocenters.